The van der Waals surface area contributed by atoms with Crippen LogP contribution in [-0.2, 0) is 11.2 Å². The molecule has 0 saturated carbocycles. The Bertz CT molecular complexity index is 455. The lowest BCUT2D eigenvalue weighted by molar-refractivity contribution is 0.145. The summed E-state index contributed by atoms with van der Waals surface area (Å²) >= 11 is 5.98. The van der Waals surface area contributed by atoms with Gasteiger partial charge in [0.1, 0.15) is 5.82 Å². The molecule has 0 bridgehead atoms. The topological polar surface area (TPSA) is 45.6 Å². The van der Waals surface area contributed by atoms with E-state index in [1.807, 2.05) is 6.92 Å². The van der Waals surface area contributed by atoms with Crippen LogP contribution < -0.4 is 10.6 Å². The average Bonchev–Trinajstić information content (AvgIpc) is 2.47. The fourth-order valence-electron chi connectivity index (χ4n) is 1.79. The second kappa shape index (κ2) is 10.4. The van der Waals surface area contributed by atoms with Crippen molar-refractivity contribution >= 4 is 17.6 Å². The predicted octanol–water partition coefficient (Wildman–Crippen LogP) is 2.61. The highest BCUT2D eigenvalue weighted by molar-refractivity contribution is 6.31. The van der Waals surface area contributed by atoms with Gasteiger partial charge in [0, 0.05) is 38.4 Å². The molecule has 0 spiro atoms. The van der Waals surface area contributed by atoms with E-state index in [1.165, 1.54) is 12.1 Å². The first-order valence-corrected chi connectivity index (χ1v) is 7.51. The van der Waals surface area contributed by atoms with Crippen molar-refractivity contribution in [1.29, 1.82) is 0 Å². The lowest BCUT2D eigenvalue weighted by Crippen LogP contribution is -2.39. The van der Waals surface area contributed by atoms with Crippen LogP contribution in [0.3, 0.4) is 0 Å². The molecule has 4 nitrogen and oxygen atoms in total. The normalized spacial score (nSPS) is 11.5. The number of rotatable bonds is 8. The van der Waals surface area contributed by atoms with E-state index in [4.69, 9.17) is 16.3 Å². The second-order valence-electron chi connectivity index (χ2n) is 4.46. The summed E-state index contributed by atoms with van der Waals surface area (Å²) in [5.41, 5.74) is 0.914. The summed E-state index contributed by atoms with van der Waals surface area (Å²) < 4.78 is 18.2. The number of halogens is 2. The van der Waals surface area contributed by atoms with Crippen LogP contribution in [-0.4, -0.2) is 39.3 Å². The van der Waals surface area contributed by atoms with Crippen molar-refractivity contribution in [3.05, 3.63) is 34.6 Å². The Morgan fingerprint density at radius 1 is 1.33 bits per heavy atom. The van der Waals surface area contributed by atoms with Crippen molar-refractivity contribution in [2.24, 2.45) is 4.99 Å². The first kappa shape index (κ1) is 17.7. The molecule has 6 heteroatoms. The van der Waals surface area contributed by atoms with Crippen LogP contribution in [0.25, 0.3) is 0 Å². The van der Waals surface area contributed by atoms with Crippen molar-refractivity contribution in [3.8, 4) is 0 Å². The zero-order valence-corrected chi connectivity index (χ0v) is 13.3. The molecule has 0 unspecified atom stereocenters. The number of ether oxygens (including phenoxy) is 1. The fourth-order valence-corrected chi connectivity index (χ4v) is 2.05. The Morgan fingerprint density at radius 2 is 2.10 bits per heavy atom. The molecule has 1 aromatic carbocycles. The van der Waals surface area contributed by atoms with Gasteiger partial charge >= 0.3 is 0 Å². The van der Waals surface area contributed by atoms with Gasteiger partial charge in [0.15, 0.2) is 5.96 Å². The molecule has 0 fully saturated rings. The van der Waals surface area contributed by atoms with Crippen LogP contribution >= 0.6 is 11.6 Å². The van der Waals surface area contributed by atoms with E-state index in [-0.39, 0.29) is 5.82 Å². The minimum absolute atomic E-state index is 0.316. The smallest absolute Gasteiger partial charge is 0.190 e. The van der Waals surface area contributed by atoms with Crippen LogP contribution in [0.4, 0.5) is 4.39 Å². The Morgan fingerprint density at radius 3 is 2.76 bits per heavy atom. The molecule has 0 amide bonds. The predicted molar refractivity (Wildman–Crippen MR) is 85.6 cm³/mol. The fraction of sp³-hybridized carbons (Fsp3) is 0.533. The third kappa shape index (κ3) is 7.29. The summed E-state index contributed by atoms with van der Waals surface area (Å²) in [6.45, 7) is 4.94. The van der Waals surface area contributed by atoms with E-state index in [1.54, 1.807) is 13.1 Å². The number of benzene rings is 1. The van der Waals surface area contributed by atoms with Gasteiger partial charge in [0.05, 0.1) is 0 Å². The van der Waals surface area contributed by atoms with Gasteiger partial charge in [-0.05, 0) is 37.5 Å². The third-order valence-corrected chi connectivity index (χ3v) is 3.24. The maximum absolute atomic E-state index is 12.9. The molecular formula is C15H23ClFN3O. The van der Waals surface area contributed by atoms with Crippen molar-refractivity contribution in [3.63, 3.8) is 0 Å². The van der Waals surface area contributed by atoms with E-state index in [0.717, 1.165) is 37.7 Å². The largest absolute Gasteiger partial charge is 0.382 e. The van der Waals surface area contributed by atoms with Crippen molar-refractivity contribution in [2.45, 2.75) is 19.8 Å². The monoisotopic (exact) mass is 315 g/mol. The van der Waals surface area contributed by atoms with Gasteiger partial charge in [0.25, 0.3) is 0 Å². The summed E-state index contributed by atoms with van der Waals surface area (Å²) in [6.07, 6.45) is 1.64. The highest BCUT2D eigenvalue weighted by Gasteiger charge is 2.03. The van der Waals surface area contributed by atoms with Gasteiger partial charge in [-0.25, -0.2) is 4.39 Å². The minimum Gasteiger partial charge on any atom is -0.382 e. The number of nitrogens with zero attached hydrogens (tertiary/aromatic N) is 1. The number of hydrogen-bond acceptors (Lipinski definition) is 2. The number of hydrogen-bond donors (Lipinski definition) is 2. The number of aliphatic imine (C=N–C) groups is 1. The van der Waals surface area contributed by atoms with Gasteiger partial charge in [-0.15, -0.1) is 0 Å². The molecule has 0 aromatic heterocycles. The van der Waals surface area contributed by atoms with Crippen molar-refractivity contribution in [2.75, 3.05) is 33.4 Å². The van der Waals surface area contributed by atoms with Crippen LogP contribution in [0, 0.1) is 5.82 Å². The Balaban J connectivity index is 2.26. The van der Waals surface area contributed by atoms with E-state index < -0.39 is 0 Å². The first-order chi connectivity index (χ1) is 10.2. The maximum Gasteiger partial charge on any atom is 0.190 e. The Hall–Kier alpha value is -1.33. The van der Waals surface area contributed by atoms with Gasteiger partial charge in [-0.3, -0.25) is 4.99 Å². The Kier molecular flexibility index (Phi) is 8.78. The third-order valence-electron chi connectivity index (χ3n) is 2.89. The van der Waals surface area contributed by atoms with E-state index >= 15 is 0 Å². The summed E-state index contributed by atoms with van der Waals surface area (Å²) in [5, 5.41) is 6.86. The summed E-state index contributed by atoms with van der Waals surface area (Å²) in [4.78, 5) is 4.13. The molecule has 0 aliphatic rings. The van der Waals surface area contributed by atoms with Gasteiger partial charge < -0.3 is 15.4 Å². The quantitative estimate of drug-likeness (QED) is 0.440. The highest BCUT2D eigenvalue weighted by Crippen LogP contribution is 2.17. The zero-order valence-electron chi connectivity index (χ0n) is 12.6. The lowest BCUT2D eigenvalue weighted by Gasteiger charge is -2.12. The molecule has 2 N–H and O–H groups in total. The molecule has 0 saturated heterocycles. The summed E-state index contributed by atoms with van der Waals surface area (Å²) in [5.74, 6) is 0.424. The van der Waals surface area contributed by atoms with Gasteiger partial charge in [-0.1, -0.05) is 17.7 Å². The van der Waals surface area contributed by atoms with E-state index in [2.05, 4.69) is 15.6 Å². The average molecular weight is 316 g/mol. The molecule has 21 heavy (non-hydrogen) atoms. The number of guanidine groups is 1. The van der Waals surface area contributed by atoms with Crippen LogP contribution in [0.2, 0.25) is 5.02 Å². The SMILES string of the molecule is CCOCCCNC(=NC)NCCc1ccc(F)cc1Cl. The minimum atomic E-state index is -0.316. The molecule has 1 aromatic rings. The second-order valence-corrected chi connectivity index (χ2v) is 4.87. The van der Waals surface area contributed by atoms with Gasteiger partial charge in [0.2, 0.25) is 0 Å². The van der Waals surface area contributed by atoms with E-state index in [0.29, 0.717) is 18.0 Å². The molecular weight excluding hydrogens is 293 g/mol. The molecule has 0 aliphatic heterocycles. The molecule has 118 valence electrons. The zero-order chi connectivity index (χ0) is 15.5. The highest BCUT2D eigenvalue weighted by atomic mass is 35.5. The van der Waals surface area contributed by atoms with Crippen molar-refractivity contribution in [1.82, 2.24) is 10.6 Å². The molecule has 0 heterocycles. The standard InChI is InChI=1S/C15H23ClFN3O/c1-3-21-10-4-8-19-15(18-2)20-9-7-12-5-6-13(17)11-14(12)16/h5-6,11H,3-4,7-10H2,1-2H3,(H2,18,19,20). The van der Waals surface area contributed by atoms with E-state index in [9.17, 15) is 4.39 Å². The van der Waals surface area contributed by atoms with Crippen LogP contribution in [0.15, 0.2) is 23.2 Å². The van der Waals surface area contributed by atoms with Crippen LogP contribution in [0.5, 0.6) is 0 Å². The molecule has 0 atom stereocenters. The van der Waals surface area contributed by atoms with Gasteiger partial charge in [-0.2, -0.15) is 0 Å². The number of nitrogens with one attached hydrogen (secondary N) is 2. The molecule has 1 rings (SSSR count). The lowest BCUT2D eigenvalue weighted by atomic mass is 10.1. The molecule has 0 aliphatic carbocycles. The van der Waals surface area contributed by atoms with Crippen LogP contribution in [0.1, 0.15) is 18.9 Å². The maximum atomic E-state index is 12.9. The summed E-state index contributed by atoms with van der Waals surface area (Å²) in [7, 11) is 1.72. The molecule has 0 radical (unpaired) electrons. The Labute approximate surface area is 130 Å². The first-order valence-electron chi connectivity index (χ1n) is 7.13. The summed E-state index contributed by atoms with van der Waals surface area (Å²) in [6, 6.07) is 4.46. The van der Waals surface area contributed by atoms with Crippen molar-refractivity contribution < 1.29 is 9.13 Å².